The molecule has 0 aromatic carbocycles. The molecule has 0 aliphatic heterocycles. The fourth-order valence-corrected chi connectivity index (χ4v) is 1.24. The molecule has 1 aliphatic carbocycles. The molecule has 1 aromatic heterocycles. The largest absolute Gasteiger partial charge is 0.351 e. The summed E-state index contributed by atoms with van der Waals surface area (Å²) < 4.78 is 12.8. The number of hydrogen-bond donors (Lipinski definition) is 1. The molecular weight excluding hydrogens is 193 g/mol. The minimum atomic E-state index is -0.668. The van der Waals surface area contributed by atoms with Crippen molar-refractivity contribution in [1.82, 2.24) is 9.97 Å². The summed E-state index contributed by atoms with van der Waals surface area (Å²) in [6.45, 7) is 0. The van der Waals surface area contributed by atoms with Crippen LogP contribution in [0.2, 0.25) is 5.02 Å². The molecule has 2 rings (SSSR count). The Morgan fingerprint density at radius 1 is 1.54 bits per heavy atom. The van der Waals surface area contributed by atoms with Gasteiger partial charge >= 0.3 is 0 Å². The van der Waals surface area contributed by atoms with E-state index >= 15 is 0 Å². The van der Waals surface area contributed by atoms with Crippen LogP contribution >= 0.6 is 11.6 Å². The third-order valence-corrected chi connectivity index (χ3v) is 2.39. The monoisotopic (exact) mass is 201 g/mol. The lowest BCUT2D eigenvalue weighted by molar-refractivity contribution is 0.442. The molecule has 1 aliphatic rings. The Balaban J connectivity index is 2.07. The number of halogens is 2. The predicted molar refractivity (Wildman–Crippen MR) is 48.3 cm³/mol. The van der Waals surface area contributed by atoms with Gasteiger partial charge in [-0.05, 0) is 19.3 Å². The van der Waals surface area contributed by atoms with Gasteiger partial charge in [0.15, 0.2) is 0 Å². The van der Waals surface area contributed by atoms with Gasteiger partial charge in [-0.25, -0.2) is 4.98 Å². The number of nitrogens with zero attached hydrogens (tertiary/aromatic N) is 2. The van der Waals surface area contributed by atoms with Gasteiger partial charge in [-0.1, -0.05) is 11.6 Å². The average Bonchev–Trinajstić information content (AvgIpc) is 2.04. The lowest BCUT2D eigenvalue weighted by Gasteiger charge is -2.26. The molecule has 0 atom stereocenters. The van der Waals surface area contributed by atoms with Gasteiger partial charge < -0.3 is 5.32 Å². The number of nitrogens with one attached hydrogen (secondary N) is 1. The molecule has 5 heteroatoms. The van der Waals surface area contributed by atoms with E-state index in [9.17, 15) is 4.39 Å². The molecule has 1 heterocycles. The molecule has 0 amide bonds. The van der Waals surface area contributed by atoms with E-state index in [0.29, 0.717) is 12.0 Å². The van der Waals surface area contributed by atoms with E-state index in [1.807, 2.05) is 0 Å². The number of aromatic nitrogens is 2. The molecule has 1 saturated carbocycles. The van der Waals surface area contributed by atoms with E-state index in [1.165, 1.54) is 12.6 Å². The van der Waals surface area contributed by atoms with E-state index in [2.05, 4.69) is 15.3 Å². The molecule has 1 aromatic rings. The van der Waals surface area contributed by atoms with Crippen molar-refractivity contribution in [2.75, 3.05) is 5.32 Å². The summed E-state index contributed by atoms with van der Waals surface area (Å²) in [7, 11) is 0. The molecular formula is C8H9ClFN3. The van der Waals surface area contributed by atoms with Gasteiger partial charge in [0.25, 0.3) is 0 Å². The lowest BCUT2D eigenvalue weighted by Crippen LogP contribution is -2.28. The maximum absolute atomic E-state index is 12.8. The third-order valence-electron chi connectivity index (χ3n) is 2.14. The van der Waals surface area contributed by atoms with Gasteiger partial charge in [-0.15, -0.1) is 0 Å². The molecule has 1 N–H and O–H groups in total. The zero-order valence-corrected chi connectivity index (χ0v) is 7.68. The Hall–Kier alpha value is -0.900. The Morgan fingerprint density at radius 2 is 2.31 bits per heavy atom. The second-order valence-corrected chi connectivity index (χ2v) is 3.51. The molecule has 0 bridgehead atoms. The van der Waals surface area contributed by atoms with Crippen molar-refractivity contribution in [2.24, 2.45) is 0 Å². The molecule has 0 saturated heterocycles. The van der Waals surface area contributed by atoms with E-state index in [1.54, 1.807) is 0 Å². The fraction of sp³-hybridized carbons (Fsp3) is 0.500. The van der Waals surface area contributed by atoms with Gasteiger partial charge in [-0.3, -0.25) is 0 Å². The van der Waals surface area contributed by atoms with Crippen molar-refractivity contribution in [1.29, 1.82) is 0 Å². The number of rotatable bonds is 2. The Kier molecular flexibility index (Phi) is 2.31. The van der Waals surface area contributed by atoms with E-state index < -0.39 is 5.95 Å². The number of hydrogen-bond acceptors (Lipinski definition) is 3. The third kappa shape index (κ3) is 1.88. The van der Waals surface area contributed by atoms with Crippen LogP contribution in [0.5, 0.6) is 0 Å². The first-order valence-corrected chi connectivity index (χ1v) is 4.58. The summed E-state index contributed by atoms with van der Waals surface area (Å²) in [6, 6.07) is 0.403. The zero-order valence-electron chi connectivity index (χ0n) is 6.93. The maximum Gasteiger partial charge on any atom is 0.236 e. The summed E-state index contributed by atoms with van der Waals surface area (Å²) >= 11 is 5.44. The topological polar surface area (TPSA) is 37.8 Å². The number of anilines is 1. The highest BCUT2D eigenvalue weighted by molar-refractivity contribution is 6.30. The second-order valence-electron chi connectivity index (χ2n) is 3.10. The predicted octanol–water partition coefficient (Wildman–Crippen LogP) is 2.23. The first-order chi connectivity index (χ1) is 6.25. The normalized spacial score (nSPS) is 16.8. The molecule has 0 unspecified atom stereocenters. The summed E-state index contributed by atoms with van der Waals surface area (Å²) in [4.78, 5) is 7.44. The van der Waals surface area contributed by atoms with E-state index in [0.717, 1.165) is 12.8 Å². The molecule has 1 fully saturated rings. The SMILES string of the molecule is Fc1nc(NC2CCC2)ncc1Cl. The highest BCUT2D eigenvalue weighted by atomic mass is 35.5. The van der Waals surface area contributed by atoms with Crippen LogP contribution in [0.25, 0.3) is 0 Å². The van der Waals surface area contributed by atoms with E-state index in [4.69, 9.17) is 11.6 Å². The quantitative estimate of drug-likeness (QED) is 0.746. The minimum absolute atomic E-state index is 0.0424. The second kappa shape index (κ2) is 3.46. The van der Waals surface area contributed by atoms with Crippen molar-refractivity contribution >= 4 is 17.5 Å². The first-order valence-electron chi connectivity index (χ1n) is 4.20. The summed E-state index contributed by atoms with van der Waals surface area (Å²) in [6.07, 6.45) is 4.69. The van der Waals surface area contributed by atoms with Crippen molar-refractivity contribution in [3.05, 3.63) is 17.2 Å². The average molecular weight is 202 g/mol. The summed E-state index contributed by atoms with van der Waals surface area (Å²) in [5.74, 6) is -0.343. The van der Waals surface area contributed by atoms with Crippen LogP contribution in [0.3, 0.4) is 0 Å². The highest BCUT2D eigenvalue weighted by Crippen LogP contribution is 2.22. The standard InChI is InChI=1S/C8H9ClFN3/c9-6-4-11-8(13-7(6)10)12-5-2-1-3-5/h4-5H,1-3H2,(H,11,12,13). The van der Waals surface area contributed by atoms with Crippen LogP contribution in [-0.2, 0) is 0 Å². The summed E-state index contributed by atoms with van der Waals surface area (Å²) in [5, 5.41) is 2.98. The molecule has 0 spiro atoms. The van der Waals surface area contributed by atoms with Crippen LogP contribution in [0.1, 0.15) is 19.3 Å². The Morgan fingerprint density at radius 3 is 2.85 bits per heavy atom. The van der Waals surface area contributed by atoms with E-state index in [-0.39, 0.29) is 5.02 Å². The molecule has 70 valence electrons. The van der Waals surface area contributed by atoms with Crippen molar-refractivity contribution in [3.63, 3.8) is 0 Å². The molecule has 0 radical (unpaired) electrons. The van der Waals surface area contributed by atoms with Crippen molar-refractivity contribution in [3.8, 4) is 0 Å². The summed E-state index contributed by atoms with van der Waals surface area (Å²) in [5.41, 5.74) is 0. The van der Waals surface area contributed by atoms with Gasteiger partial charge in [0.1, 0.15) is 5.02 Å². The van der Waals surface area contributed by atoms with Crippen LogP contribution in [-0.4, -0.2) is 16.0 Å². The minimum Gasteiger partial charge on any atom is -0.351 e. The van der Waals surface area contributed by atoms with Crippen molar-refractivity contribution < 1.29 is 4.39 Å². The highest BCUT2D eigenvalue weighted by Gasteiger charge is 2.18. The molecule has 13 heavy (non-hydrogen) atoms. The zero-order chi connectivity index (χ0) is 9.26. The van der Waals surface area contributed by atoms with Crippen molar-refractivity contribution in [2.45, 2.75) is 25.3 Å². The van der Waals surface area contributed by atoms with Gasteiger partial charge in [0.05, 0.1) is 6.20 Å². The van der Waals surface area contributed by atoms with Crippen LogP contribution in [0, 0.1) is 5.95 Å². The van der Waals surface area contributed by atoms with Gasteiger partial charge in [-0.2, -0.15) is 9.37 Å². The Bertz CT molecular complexity index is 314. The van der Waals surface area contributed by atoms with Crippen LogP contribution < -0.4 is 5.32 Å². The maximum atomic E-state index is 12.8. The van der Waals surface area contributed by atoms with Gasteiger partial charge in [0, 0.05) is 6.04 Å². The van der Waals surface area contributed by atoms with Gasteiger partial charge in [0.2, 0.25) is 11.9 Å². The smallest absolute Gasteiger partial charge is 0.236 e. The first kappa shape index (κ1) is 8.69. The lowest BCUT2D eigenvalue weighted by atomic mass is 9.93. The van der Waals surface area contributed by atoms with Crippen LogP contribution in [0.4, 0.5) is 10.3 Å². The molecule has 3 nitrogen and oxygen atoms in total. The fourth-order valence-electron chi connectivity index (χ4n) is 1.15. The Labute approximate surface area is 80.3 Å². The van der Waals surface area contributed by atoms with Crippen LogP contribution in [0.15, 0.2) is 6.20 Å².